The summed E-state index contributed by atoms with van der Waals surface area (Å²) in [6.45, 7) is -0.414. The maximum absolute atomic E-state index is 10.8. The van der Waals surface area contributed by atoms with Crippen LogP contribution in [-0.2, 0) is 16.7 Å². The van der Waals surface area contributed by atoms with Crippen LogP contribution in [-0.4, -0.2) is 35.4 Å². The minimum Gasteiger partial charge on any atom is -0.487 e. The normalized spacial score (nSPS) is 11.3. The third-order valence-corrected chi connectivity index (χ3v) is 3.01. The minimum absolute atomic E-state index is 0.0116. The Kier molecular flexibility index (Phi) is 5.21. The lowest BCUT2D eigenvalue weighted by molar-refractivity contribution is -0.386. The van der Waals surface area contributed by atoms with Crippen molar-refractivity contribution in [2.75, 3.05) is 12.4 Å². The number of benzene rings is 1. The predicted octanol–water partition coefficient (Wildman–Crippen LogP) is 0.744. The van der Waals surface area contributed by atoms with Crippen LogP contribution in [0.25, 0.3) is 0 Å². The lowest BCUT2D eigenvalue weighted by Gasteiger charge is -2.07. The zero-order valence-corrected chi connectivity index (χ0v) is 10.7. The molecule has 1 aromatic rings. The third-order valence-electron chi connectivity index (χ3n) is 2.21. The highest BCUT2D eigenvalue weighted by Crippen LogP contribution is 2.28. The van der Waals surface area contributed by atoms with Gasteiger partial charge in [0.1, 0.15) is 0 Å². The smallest absolute Gasteiger partial charge is 0.311 e. The first-order valence-corrected chi connectivity index (χ1v) is 6.90. The second-order valence-electron chi connectivity index (χ2n) is 3.71. The van der Waals surface area contributed by atoms with E-state index < -0.39 is 20.8 Å². The molecular weight excluding hydrogens is 278 g/mol. The SMILES string of the molecule is O=[N+]([O-])c1cc(CO)ccc1OCCCS(=O)(=O)O. The Morgan fingerprint density at radius 3 is 2.58 bits per heavy atom. The lowest BCUT2D eigenvalue weighted by Crippen LogP contribution is -2.09. The summed E-state index contributed by atoms with van der Waals surface area (Å²) in [5.74, 6) is -0.493. The van der Waals surface area contributed by atoms with Crippen LogP contribution in [0.3, 0.4) is 0 Å². The van der Waals surface area contributed by atoms with Gasteiger partial charge in [-0.05, 0) is 18.1 Å². The predicted molar refractivity (Wildman–Crippen MR) is 65.5 cm³/mol. The molecule has 0 fully saturated rings. The molecule has 2 N–H and O–H groups in total. The van der Waals surface area contributed by atoms with Crippen LogP contribution in [0.15, 0.2) is 18.2 Å². The Bertz CT molecular complexity index is 555. The van der Waals surface area contributed by atoms with Crippen LogP contribution >= 0.6 is 0 Å². The summed E-state index contributed by atoms with van der Waals surface area (Å²) in [5, 5.41) is 19.7. The van der Waals surface area contributed by atoms with Crippen molar-refractivity contribution in [2.24, 2.45) is 0 Å². The molecule has 19 heavy (non-hydrogen) atoms. The summed E-state index contributed by atoms with van der Waals surface area (Å²) in [5.41, 5.74) is 0.0652. The van der Waals surface area contributed by atoms with E-state index in [1.165, 1.54) is 18.2 Å². The fourth-order valence-electron chi connectivity index (χ4n) is 1.35. The Labute approximate surface area is 109 Å². The van der Waals surface area contributed by atoms with Gasteiger partial charge in [0.05, 0.1) is 23.9 Å². The van der Waals surface area contributed by atoms with Gasteiger partial charge in [-0.25, -0.2) is 0 Å². The van der Waals surface area contributed by atoms with E-state index in [2.05, 4.69) is 0 Å². The van der Waals surface area contributed by atoms with Gasteiger partial charge in [0.2, 0.25) is 0 Å². The maximum Gasteiger partial charge on any atom is 0.311 e. The lowest BCUT2D eigenvalue weighted by atomic mass is 10.2. The second kappa shape index (κ2) is 6.45. The maximum atomic E-state index is 10.8. The van der Waals surface area contributed by atoms with Gasteiger partial charge in [0.15, 0.2) is 5.75 Å². The summed E-state index contributed by atoms with van der Waals surface area (Å²) in [6, 6.07) is 3.97. The molecular formula is C10H13NO7S. The quantitative estimate of drug-likeness (QED) is 0.328. The Balaban J connectivity index is 2.70. The number of ether oxygens (including phenoxy) is 1. The van der Waals surface area contributed by atoms with E-state index in [0.29, 0.717) is 5.56 Å². The van der Waals surface area contributed by atoms with Gasteiger partial charge in [-0.1, -0.05) is 6.07 Å². The van der Waals surface area contributed by atoms with Crippen molar-refractivity contribution in [3.63, 3.8) is 0 Å². The van der Waals surface area contributed by atoms with Crippen molar-refractivity contribution >= 4 is 15.8 Å². The van der Waals surface area contributed by atoms with Crippen LogP contribution in [0, 0.1) is 10.1 Å². The van der Waals surface area contributed by atoms with Gasteiger partial charge in [-0.3, -0.25) is 14.7 Å². The summed E-state index contributed by atoms with van der Waals surface area (Å²) < 4.78 is 34.5. The van der Waals surface area contributed by atoms with Crippen LogP contribution < -0.4 is 4.74 Å². The van der Waals surface area contributed by atoms with Crippen LogP contribution in [0.4, 0.5) is 5.69 Å². The van der Waals surface area contributed by atoms with Gasteiger partial charge in [-0.2, -0.15) is 8.42 Å². The number of hydrogen-bond donors (Lipinski definition) is 2. The highest BCUT2D eigenvalue weighted by atomic mass is 32.2. The molecule has 0 aliphatic heterocycles. The van der Waals surface area contributed by atoms with Gasteiger partial charge in [0, 0.05) is 6.07 Å². The average Bonchev–Trinajstić information content (AvgIpc) is 2.33. The van der Waals surface area contributed by atoms with Gasteiger partial charge < -0.3 is 9.84 Å². The Morgan fingerprint density at radius 2 is 2.05 bits per heavy atom. The first kappa shape index (κ1) is 15.3. The zero-order valence-electron chi connectivity index (χ0n) is 9.85. The van der Waals surface area contributed by atoms with E-state index in [-0.39, 0.29) is 31.1 Å². The molecule has 0 atom stereocenters. The number of aliphatic hydroxyl groups excluding tert-OH is 1. The van der Waals surface area contributed by atoms with E-state index in [9.17, 15) is 18.5 Å². The first-order valence-electron chi connectivity index (χ1n) is 5.29. The highest BCUT2D eigenvalue weighted by Gasteiger charge is 2.16. The number of hydrogen-bond acceptors (Lipinski definition) is 6. The fourth-order valence-corrected chi connectivity index (χ4v) is 1.83. The van der Waals surface area contributed by atoms with E-state index in [4.69, 9.17) is 14.4 Å². The summed E-state index contributed by atoms with van der Waals surface area (Å²) in [4.78, 5) is 10.1. The first-order chi connectivity index (χ1) is 8.83. The molecule has 106 valence electrons. The monoisotopic (exact) mass is 291 g/mol. The van der Waals surface area contributed by atoms with Crippen LogP contribution in [0.2, 0.25) is 0 Å². The van der Waals surface area contributed by atoms with E-state index >= 15 is 0 Å². The largest absolute Gasteiger partial charge is 0.487 e. The van der Waals surface area contributed by atoms with E-state index in [1.54, 1.807) is 0 Å². The van der Waals surface area contributed by atoms with Gasteiger partial charge in [0.25, 0.3) is 10.1 Å². The molecule has 0 aliphatic rings. The van der Waals surface area contributed by atoms with Gasteiger partial charge >= 0.3 is 5.69 Å². The number of nitrogens with zero attached hydrogens (tertiary/aromatic N) is 1. The molecule has 0 unspecified atom stereocenters. The van der Waals surface area contributed by atoms with E-state index in [0.717, 1.165) is 0 Å². The summed E-state index contributed by atoms with van der Waals surface area (Å²) in [7, 11) is -4.06. The number of rotatable bonds is 7. The van der Waals surface area contributed by atoms with Crippen molar-refractivity contribution in [3.8, 4) is 5.75 Å². The molecule has 1 rings (SSSR count). The molecule has 9 heteroatoms. The van der Waals surface area contributed by atoms with E-state index in [1.807, 2.05) is 0 Å². The third kappa shape index (κ3) is 5.20. The summed E-state index contributed by atoms with van der Waals surface area (Å²) >= 11 is 0. The molecule has 0 saturated carbocycles. The fraction of sp³-hybridized carbons (Fsp3) is 0.400. The second-order valence-corrected chi connectivity index (χ2v) is 5.28. The number of nitro benzene ring substituents is 1. The van der Waals surface area contributed by atoms with Crippen molar-refractivity contribution in [2.45, 2.75) is 13.0 Å². The zero-order chi connectivity index (χ0) is 14.5. The van der Waals surface area contributed by atoms with Crippen molar-refractivity contribution in [3.05, 3.63) is 33.9 Å². The number of nitro groups is 1. The molecule has 8 nitrogen and oxygen atoms in total. The van der Waals surface area contributed by atoms with Crippen molar-refractivity contribution in [1.82, 2.24) is 0 Å². The summed E-state index contributed by atoms with van der Waals surface area (Å²) in [6.07, 6.45) is 0.0116. The molecule has 1 aromatic carbocycles. The Hall–Kier alpha value is -1.71. The molecule has 0 aromatic heterocycles. The average molecular weight is 291 g/mol. The highest BCUT2D eigenvalue weighted by molar-refractivity contribution is 7.85. The molecule has 0 aliphatic carbocycles. The topological polar surface area (TPSA) is 127 Å². The molecule has 0 saturated heterocycles. The molecule has 0 amide bonds. The molecule has 0 spiro atoms. The minimum atomic E-state index is -4.06. The van der Waals surface area contributed by atoms with Crippen molar-refractivity contribution < 1.29 is 27.7 Å². The van der Waals surface area contributed by atoms with Gasteiger partial charge in [-0.15, -0.1) is 0 Å². The molecule has 0 bridgehead atoms. The Morgan fingerprint density at radius 1 is 1.37 bits per heavy atom. The van der Waals surface area contributed by atoms with Crippen molar-refractivity contribution in [1.29, 1.82) is 0 Å². The molecule has 0 heterocycles. The molecule has 0 radical (unpaired) electrons. The standard InChI is InChI=1S/C10H13NO7S/c12-7-8-2-3-10(9(6-8)11(13)14)18-4-1-5-19(15,16)17/h2-3,6,12H,1,4-5,7H2,(H,15,16,17). The van der Waals surface area contributed by atoms with Crippen LogP contribution in [0.1, 0.15) is 12.0 Å². The van der Waals surface area contributed by atoms with Crippen LogP contribution in [0.5, 0.6) is 5.75 Å². The number of aliphatic hydroxyl groups is 1.